The van der Waals surface area contributed by atoms with E-state index < -0.39 is 0 Å². The lowest BCUT2D eigenvalue weighted by Crippen LogP contribution is -2.18. The van der Waals surface area contributed by atoms with Crippen LogP contribution in [-0.2, 0) is 6.42 Å². The number of dihydropyridines is 1. The van der Waals surface area contributed by atoms with Crippen LogP contribution in [0.25, 0.3) is 54.6 Å². The molecule has 1 heteroatoms. The van der Waals surface area contributed by atoms with E-state index in [4.69, 9.17) is 0 Å². The van der Waals surface area contributed by atoms with Crippen molar-refractivity contribution < 1.29 is 0 Å². The van der Waals surface area contributed by atoms with Crippen LogP contribution in [0, 0.1) is 0 Å². The zero-order valence-corrected chi connectivity index (χ0v) is 23.1. The topological polar surface area (TPSA) is 12.0 Å². The van der Waals surface area contributed by atoms with Crippen LogP contribution in [0.15, 0.2) is 133 Å². The van der Waals surface area contributed by atoms with Crippen molar-refractivity contribution >= 4 is 32.3 Å². The van der Waals surface area contributed by atoms with Gasteiger partial charge in [0.05, 0.1) is 6.04 Å². The summed E-state index contributed by atoms with van der Waals surface area (Å²) in [7, 11) is 0. The Morgan fingerprint density at radius 3 is 1.93 bits per heavy atom. The van der Waals surface area contributed by atoms with Crippen LogP contribution in [0.1, 0.15) is 37.4 Å². The van der Waals surface area contributed by atoms with Gasteiger partial charge >= 0.3 is 0 Å². The molecule has 0 bridgehead atoms. The molecule has 0 aliphatic carbocycles. The average Bonchev–Trinajstić information content (AvgIpc) is 3.00. The van der Waals surface area contributed by atoms with Gasteiger partial charge in [0.25, 0.3) is 0 Å². The predicted molar refractivity (Wildman–Crippen MR) is 173 cm³/mol. The summed E-state index contributed by atoms with van der Waals surface area (Å²) in [6.45, 7) is 4.44. The van der Waals surface area contributed by atoms with E-state index in [2.05, 4.69) is 141 Å². The van der Waals surface area contributed by atoms with Gasteiger partial charge in [-0.2, -0.15) is 0 Å². The number of hydrogen-bond acceptors (Lipinski definition) is 1. The lowest BCUT2D eigenvalue weighted by Gasteiger charge is -2.23. The van der Waals surface area contributed by atoms with E-state index in [1.54, 1.807) is 0 Å². The van der Waals surface area contributed by atoms with Crippen molar-refractivity contribution in [3.8, 4) is 22.3 Å². The summed E-state index contributed by atoms with van der Waals surface area (Å²) in [5.74, 6) is 0. The first-order valence-electron chi connectivity index (χ1n) is 14.4. The molecule has 6 aromatic carbocycles. The van der Waals surface area contributed by atoms with E-state index in [1.807, 2.05) is 6.20 Å². The minimum Gasteiger partial charge on any atom is -0.380 e. The van der Waals surface area contributed by atoms with E-state index in [1.165, 1.54) is 71.3 Å². The first-order chi connectivity index (χ1) is 19.7. The van der Waals surface area contributed by atoms with Gasteiger partial charge in [-0.25, -0.2) is 0 Å². The van der Waals surface area contributed by atoms with Gasteiger partial charge in [-0.15, -0.1) is 0 Å². The van der Waals surface area contributed by atoms with Crippen LogP contribution in [0.5, 0.6) is 0 Å². The number of nitrogens with one attached hydrogen (secondary N) is 1. The molecule has 194 valence electrons. The average molecular weight is 516 g/mol. The Hall–Kier alpha value is -4.62. The van der Waals surface area contributed by atoms with E-state index in [0.717, 1.165) is 12.8 Å². The van der Waals surface area contributed by atoms with Crippen molar-refractivity contribution in [3.05, 3.63) is 144 Å². The van der Waals surface area contributed by atoms with Gasteiger partial charge in [0, 0.05) is 0 Å². The highest BCUT2D eigenvalue weighted by molar-refractivity contribution is 6.21. The molecular weight excluding hydrogens is 482 g/mol. The van der Waals surface area contributed by atoms with Crippen molar-refractivity contribution in [3.63, 3.8) is 0 Å². The van der Waals surface area contributed by atoms with E-state index in [-0.39, 0.29) is 6.04 Å². The summed E-state index contributed by atoms with van der Waals surface area (Å²) in [6, 6.07) is 41.0. The van der Waals surface area contributed by atoms with Crippen molar-refractivity contribution in [1.29, 1.82) is 0 Å². The molecule has 0 amide bonds. The lowest BCUT2D eigenvalue weighted by atomic mass is 9.84. The Balaban J connectivity index is 1.48. The molecule has 6 aromatic rings. The van der Waals surface area contributed by atoms with Crippen LogP contribution in [0.2, 0.25) is 0 Å². The molecule has 1 aliphatic heterocycles. The molecule has 0 fully saturated rings. The maximum atomic E-state index is 3.55. The van der Waals surface area contributed by atoms with E-state index in [0.29, 0.717) is 0 Å². The van der Waals surface area contributed by atoms with Crippen LogP contribution >= 0.6 is 0 Å². The highest BCUT2D eigenvalue weighted by Crippen LogP contribution is 2.44. The molecule has 1 aliphatic rings. The molecule has 1 unspecified atom stereocenters. The fraction of sp³-hybridized carbons (Fsp3) is 0.128. The maximum Gasteiger partial charge on any atom is 0.0722 e. The molecule has 1 N–H and O–H groups in total. The Labute approximate surface area is 236 Å². The van der Waals surface area contributed by atoms with Crippen LogP contribution in [0.3, 0.4) is 0 Å². The minimum atomic E-state index is 0.192. The summed E-state index contributed by atoms with van der Waals surface area (Å²) in [6.07, 6.45) is 8.59. The quantitative estimate of drug-likeness (QED) is 0.225. The number of benzene rings is 6. The van der Waals surface area contributed by atoms with E-state index in [9.17, 15) is 0 Å². The summed E-state index contributed by atoms with van der Waals surface area (Å²) in [5, 5.41) is 11.3. The summed E-state index contributed by atoms with van der Waals surface area (Å²) >= 11 is 0. The van der Waals surface area contributed by atoms with Gasteiger partial charge in [0.15, 0.2) is 0 Å². The van der Waals surface area contributed by atoms with Crippen molar-refractivity contribution in [2.24, 2.45) is 0 Å². The second-order valence-electron chi connectivity index (χ2n) is 11.0. The van der Waals surface area contributed by atoms with Crippen LogP contribution in [-0.4, -0.2) is 0 Å². The smallest absolute Gasteiger partial charge is 0.0722 e. The van der Waals surface area contributed by atoms with Crippen LogP contribution < -0.4 is 5.32 Å². The first-order valence-corrected chi connectivity index (χ1v) is 14.4. The van der Waals surface area contributed by atoms with Crippen LogP contribution in [0.4, 0.5) is 0 Å². The number of rotatable bonds is 5. The fourth-order valence-corrected chi connectivity index (χ4v) is 6.46. The van der Waals surface area contributed by atoms with Crippen molar-refractivity contribution in [1.82, 2.24) is 5.32 Å². The Kier molecular flexibility index (Phi) is 6.21. The van der Waals surface area contributed by atoms with Gasteiger partial charge in [-0.1, -0.05) is 116 Å². The standard InChI is InChI=1S/C39H33N/c1-3-10-27-18-19-28-20-21-30(25-32(28)23-27)38-35-16-6-4-14-33(35)37(34-15-5-7-17-36(34)38)29-12-8-13-31(24-29)39-26(2)11-9-22-40-39/h4-9,11-25,39-40H,3,10H2,1-2H3. The number of fused-ring (bicyclic) bond motifs is 3. The number of aryl methyl sites for hydroxylation is 1. The third kappa shape index (κ3) is 4.19. The van der Waals surface area contributed by atoms with E-state index >= 15 is 0 Å². The van der Waals surface area contributed by atoms with Crippen molar-refractivity contribution in [2.45, 2.75) is 32.7 Å². The number of hydrogen-bond donors (Lipinski definition) is 1. The zero-order valence-electron chi connectivity index (χ0n) is 23.1. The Bertz CT molecular complexity index is 1900. The largest absolute Gasteiger partial charge is 0.380 e. The molecule has 1 atom stereocenters. The second kappa shape index (κ2) is 10.2. The normalized spacial score (nSPS) is 14.9. The van der Waals surface area contributed by atoms with Gasteiger partial charge in [-0.05, 0) is 109 Å². The van der Waals surface area contributed by atoms with Gasteiger partial charge in [-0.3, -0.25) is 0 Å². The lowest BCUT2D eigenvalue weighted by molar-refractivity contribution is 0.703. The minimum absolute atomic E-state index is 0.192. The highest BCUT2D eigenvalue weighted by atomic mass is 14.9. The predicted octanol–water partition coefficient (Wildman–Crippen LogP) is 10.5. The maximum absolute atomic E-state index is 3.55. The third-order valence-electron chi connectivity index (χ3n) is 8.35. The van der Waals surface area contributed by atoms with Crippen molar-refractivity contribution in [2.75, 3.05) is 0 Å². The number of allylic oxidation sites excluding steroid dienone is 2. The molecule has 40 heavy (non-hydrogen) atoms. The second-order valence-corrected chi connectivity index (χ2v) is 11.0. The SMILES string of the molecule is CCCc1ccc2ccc(-c3c4ccccc4c(-c4cccc(C5NC=CC=C5C)c4)c4ccccc34)cc2c1. The highest BCUT2D eigenvalue weighted by Gasteiger charge is 2.19. The summed E-state index contributed by atoms with van der Waals surface area (Å²) in [4.78, 5) is 0. The molecule has 0 saturated heterocycles. The molecule has 0 saturated carbocycles. The zero-order chi connectivity index (χ0) is 27.1. The molecule has 0 aromatic heterocycles. The van der Waals surface area contributed by atoms with Gasteiger partial charge in [0.1, 0.15) is 0 Å². The third-order valence-corrected chi connectivity index (χ3v) is 8.35. The van der Waals surface area contributed by atoms with Gasteiger partial charge in [0.2, 0.25) is 0 Å². The summed E-state index contributed by atoms with van der Waals surface area (Å²) < 4.78 is 0. The summed E-state index contributed by atoms with van der Waals surface area (Å²) in [5.41, 5.74) is 9.15. The first kappa shape index (κ1) is 24.4. The Morgan fingerprint density at radius 2 is 1.27 bits per heavy atom. The monoisotopic (exact) mass is 515 g/mol. The molecule has 0 spiro atoms. The fourth-order valence-electron chi connectivity index (χ4n) is 6.46. The molecule has 1 nitrogen and oxygen atoms in total. The Morgan fingerprint density at radius 1 is 0.625 bits per heavy atom. The molecule has 7 rings (SSSR count). The molecular formula is C39H33N. The molecule has 1 heterocycles. The molecule has 0 radical (unpaired) electrons. The van der Waals surface area contributed by atoms with Gasteiger partial charge < -0.3 is 5.32 Å².